The molecular formula is C22H30ClN5O2. The van der Waals surface area contributed by atoms with Gasteiger partial charge in [-0.15, -0.1) is 0 Å². The summed E-state index contributed by atoms with van der Waals surface area (Å²) in [7, 11) is 0. The quantitative estimate of drug-likeness (QED) is 0.721. The Hall–Kier alpha value is -2.28. The average Bonchev–Trinajstić information content (AvgIpc) is 3.13. The number of rotatable bonds is 6. The Balaban J connectivity index is 1.44. The molecule has 1 saturated heterocycles. The van der Waals surface area contributed by atoms with Gasteiger partial charge in [0.2, 0.25) is 11.8 Å². The van der Waals surface area contributed by atoms with Crippen LogP contribution in [0, 0.1) is 11.8 Å². The molecule has 2 heterocycles. The van der Waals surface area contributed by atoms with Crippen LogP contribution in [0.5, 0.6) is 0 Å². The van der Waals surface area contributed by atoms with Crippen LogP contribution in [0.15, 0.2) is 29.4 Å². The molecule has 0 radical (unpaired) electrons. The van der Waals surface area contributed by atoms with Crippen molar-refractivity contribution in [1.29, 1.82) is 0 Å². The minimum absolute atomic E-state index is 0.0270. The van der Waals surface area contributed by atoms with E-state index >= 15 is 0 Å². The van der Waals surface area contributed by atoms with Crippen LogP contribution in [-0.2, 0) is 9.59 Å². The SMILES string of the molecule is CC(C)CN1C(=O)C2CCCCC2N2C(CCC(=O)Nc3cccc(Cl)c3)=NNC12. The molecule has 1 aromatic rings. The van der Waals surface area contributed by atoms with E-state index in [9.17, 15) is 9.59 Å². The molecule has 4 rings (SSSR count). The molecule has 0 spiro atoms. The van der Waals surface area contributed by atoms with Crippen molar-refractivity contribution in [3.63, 3.8) is 0 Å². The fourth-order valence-corrected chi connectivity index (χ4v) is 5.03. The lowest BCUT2D eigenvalue weighted by molar-refractivity contribution is -0.156. The van der Waals surface area contributed by atoms with Gasteiger partial charge in [-0.3, -0.25) is 15.0 Å². The zero-order chi connectivity index (χ0) is 21.3. The third kappa shape index (κ3) is 4.26. The van der Waals surface area contributed by atoms with Gasteiger partial charge < -0.3 is 15.1 Å². The maximum atomic E-state index is 13.2. The first-order valence-electron chi connectivity index (χ1n) is 10.9. The zero-order valence-corrected chi connectivity index (χ0v) is 18.4. The predicted octanol–water partition coefficient (Wildman–Crippen LogP) is 3.62. The Kier molecular flexibility index (Phi) is 6.18. The monoisotopic (exact) mass is 431 g/mol. The Morgan fingerprint density at radius 1 is 1.33 bits per heavy atom. The van der Waals surface area contributed by atoms with E-state index in [1.165, 1.54) is 0 Å². The number of carbonyl (C=O) groups is 2. The molecule has 0 bridgehead atoms. The average molecular weight is 432 g/mol. The summed E-state index contributed by atoms with van der Waals surface area (Å²) in [5.41, 5.74) is 3.87. The van der Waals surface area contributed by atoms with Gasteiger partial charge >= 0.3 is 0 Å². The lowest BCUT2D eigenvalue weighted by atomic mass is 9.80. The number of hydrogen-bond acceptors (Lipinski definition) is 5. The lowest BCUT2D eigenvalue weighted by Gasteiger charge is -2.51. The zero-order valence-electron chi connectivity index (χ0n) is 17.6. The number of nitrogens with zero attached hydrogens (tertiary/aromatic N) is 3. The van der Waals surface area contributed by atoms with E-state index in [4.69, 9.17) is 11.6 Å². The molecule has 2 amide bonds. The van der Waals surface area contributed by atoms with Crippen LogP contribution in [0.25, 0.3) is 0 Å². The summed E-state index contributed by atoms with van der Waals surface area (Å²) in [5.74, 6) is 1.46. The van der Waals surface area contributed by atoms with Crippen molar-refractivity contribution in [3.8, 4) is 0 Å². The molecule has 2 aliphatic heterocycles. The van der Waals surface area contributed by atoms with Crippen LogP contribution in [0.3, 0.4) is 0 Å². The molecule has 7 nitrogen and oxygen atoms in total. The Morgan fingerprint density at radius 3 is 2.90 bits per heavy atom. The maximum absolute atomic E-state index is 13.2. The number of carbonyl (C=O) groups excluding carboxylic acids is 2. The fraction of sp³-hybridized carbons (Fsp3) is 0.591. The number of amidine groups is 1. The standard InChI is InChI=1S/C22H30ClN5O2/c1-14(2)13-27-21(30)17-8-3-4-9-18(17)28-19(25-26-22(27)28)10-11-20(29)24-16-7-5-6-15(23)12-16/h5-7,12,14,17-18,22,26H,3-4,8-11,13H2,1-2H3,(H,24,29). The second-order valence-corrected chi connectivity index (χ2v) is 9.28. The third-order valence-corrected chi connectivity index (χ3v) is 6.33. The van der Waals surface area contributed by atoms with E-state index in [-0.39, 0.29) is 30.1 Å². The minimum Gasteiger partial charge on any atom is -0.326 e. The molecule has 30 heavy (non-hydrogen) atoms. The molecule has 1 saturated carbocycles. The van der Waals surface area contributed by atoms with Crippen molar-refractivity contribution < 1.29 is 9.59 Å². The Morgan fingerprint density at radius 2 is 2.13 bits per heavy atom. The van der Waals surface area contributed by atoms with Gasteiger partial charge in [0.15, 0.2) is 6.29 Å². The van der Waals surface area contributed by atoms with Gasteiger partial charge in [0.1, 0.15) is 5.84 Å². The largest absolute Gasteiger partial charge is 0.326 e. The van der Waals surface area contributed by atoms with E-state index in [0.29, 0.717) is 36.0 Å². The second kappa shape index (κ2) is 8.84. The number of nitrogens with one attached hydrogen (secondary N) is 2. The number of benzene rings is 1. The number of anilines is 1. The van der Waals surface area contributed by atoms with Crippen LogP contribution in [0.2, 0.25) is 5.02 Å². The molecule has 3 unspecified atom stereocenters. The highest BCUT2D eigenvalue weighted by atomic mass is 35.5. The van der Waals surface area contributed by atoms with Gasteiger partial charge in [0.25, 0.3) is 0 Å². The topological polar surface area (TPSA) is 77.0 Å². The Bertz CT molecular complexity index is 843. The second-order valence-electron chi connectivity index (χ2n) is 8.84. The highest BCUT2D eigenvalue weighted by Gasteiger charge is 2.50. The summed E-state index contributed by atoms with van der Waals surface area (Å²) in [6.45, 7) is 4.96. The molecule has 3 aliphatic rings. The number of hydrogen-bond donors (Lipinski definition) is 2. The van der Waals surface area contributed by atoms with Gasteiger partial charge in [0, 0.05) is 36.1 Å². The molecule has 162 valence electrons. The smallest absolute Gasteiger partial charge is 0.230 e. The van der Waals surface area contributed by atoms with Crippen LogP contribution < -0.4 is 10.7 Å². The van der Waals surface area contributed by atoms with Crippen molar-refractivity contribution >= 4 is 34.9 Å². The lowest BCUT2D eigenvalue weighted by Crippen LogP contribution is -2.67. The first kappa shape index (κ1) is 21.0. The minimum atomic E-state index is -0.231. The third-order valence-electron chi connectivity index (χ3n) is 6.10. The fourth-order valence-electron chi connectivity index (χ4n) is 4.84. The summed E-state index contributed by atoms with van der Waals surface area (Å²) in [5, 5.41) is 8.04. The number of hydrazone groups is 1. The molecule has 1 aromatic carbocycles. The molecule has 3 atom stereocenters. The summed E-state index contributed by atoms with van der Waals surface area (Å²) in [4.78, 5) is 29.9. The molecule has 8 heteroatoms. The van der Waals surface area contributed by atoms with E-state index in [1.807, 2.05) is 17.0 Å². The van der Waals surface area contributed by atoms with Gasteiger partial charge in [-0.2, -0.15) is 5.10 Å². The maximum Gasteiger partial charge on any atom is 0.230 e. The van der Waals surface area contributed by atoms with Gasteiger partial charge in [-0.05, 0) is 37.0 Å². The van der Waals surface area contributed by atoms with Crippen molar-refractivity contribution in [2.75, 3.05) is 11.9 Å². The highest BCUT2D eigenvalue weighted by molar-refractivity contribution is 6.30. The summed E-state index contributed by atoms with van der Waals surface area (Å²) in [6, 6.07) is 7.31. The van der Waals surface area contributed by atoms with Gasteiger partial charge in [-0.1, -0.05) is 44.4 Å². The van der Waals surface area contributed by atoms with Crippen LogP contribution in [0.4, 0.5) is 5.69 Å². The van der Waals surface area contributed by atoms with Crippen molar-refractivity contribution in [2.24, 2.45) is 16.9 Å². The van der Waals surface area contributed by atoms with Crippen molar-refractivity contribution in [1.82, 2.24) is 15.2 Å². The molecule has 2 N–H and O–H groups in total. The highest BCUT2D eigenvalue weighted by Crippen LogP contribution is 2.38. The van der Waals surface area contributed by atoms with Gasteiger partial charge in [0.05, 0.1) is 5.92 Å². The van der Waals surface area contributed by atoms with Crippen LogP contribution in [0.1, 0.15) is 52.4 Å². The number of halogens is 1. The summed E-state index contributed by atoms with van der Waals surface area (Å²) >= 11 is 5.99. The van der Waals surface area contributed by atoms with E-state index in [2.05, 4.69) is 34.6 Å². The molecule has 1 aliphatic carbocycles. The molecular weight excluding hydrogens is 402 g/mol. The van der Waals surface area contributed by atoms with Crippen molar-refractivity contribution in [3.05, 3.63) is 29.3 Å². The summed E-state index contributed by atoms with van der Waals surface area (Å²) in [6.07, 6.45) is 4.79. The number of fused-ring (bicyclic) bond motifs is 3. The molecule has 0 aromatic heterocycles. The van der Waals surface area contributed by atoms with Crippen LogP contribution >= 0.6 is 11.6 Å². The van der Waals surface area contributed by atoms with Crippen LogP contribution in [-0.4, -0.2) is 46.3 Å². The first-order valence-corrected chi connectivity index (χ1v) is 11.3. The van der Waals surface area contributed by atoms with Gasteiger partial charge in [-0.25, -0.2) is 0 Å². The Labute approximate surface area is 182 Å². The number of amides is 2. The van der Waals surface area contributed by atoms with E-state index < -0.39 is 0 Å². The predicted molar refractivity (Wildman–Crippen MR) is 118 cm³/mol. The van der Waals surface area contributed by atoms with E-state index in [0.717, 1.165) is 31.5 Å². The van der Waals surface area contributed by atoms with Crippen molar-refractivity contribution in [2.45, 2.75) is 64.7 Å². The first-order chi connectivity index (χ1) is 14.4. The summed E-state index contributed by atoms with van der Waals surface area (Å²) < 4.78 is 0. The molecule has 2 fully saturated rings. The van der Waals surface area contributed by atoms with E-state index in [1.54, 1.807) is 12.1 Å². The normalized spacial score (nSPS) is 25.5.